The molecule has 7 heteroatoms. The summed E-state index contributed by atoms with van der Waals surface area (Å²) in [5, 5.41) is 7.24. The molecule has 1 atom stereocenters. The van der Waals surface area contributed by atoms with Crippen molar-refractivity contribution in [3.8, 4) is 5.75 Å². The first-order valence-electron chi connectivity index (χ1n) is 8.93. The molecule has 0 bridgehead atoms. The van der Waals surface area contributed by atoms with Gasteiger partial charge in [-0.1, -0.05) is 36.7 Å². The van der Waals surface area contributed by atoms with Crippen molar-refractivity contribution in [1.29, 1.82) is 0 Å². The molecule has 1 aromatic carbocycles. The number of aromatic nitrogens is 1. The van der Waals surface area contributed by atoms with Gasteiger partial charge in [0.1, 0.15) is 10.9 Å². The van der Waals surface area contributed by atoms with Gasteiger partial charge in [-0.05, 0) is 36.1 Å². The maximum atomic E-state index is 5.81. The van der Waals surface area contributed by atoms with Gasteiger partial charge in [0.2, 0.25) is 0 Å². The van der Waals surface area contributed by atoms with E-state index in [1.54, 1.807) is 20.4 Å². The number of guanidine groups is 1. The summed E-state index contributed by atoms with van der Waals surface area (Å²) in [6.07, 6.45) is 2.67. The van der Waals surface area contributed by atoms with E-state index in [9.17, 15) is 0 Å². The van der Waals surface area contributed by atoms with E-state index in [4.69, 9.17) is 16.3 Å². The molecule has 0 fully saturated rings. The number of para-hydroxylation sites is 1. The lowest BCUT2D eigenvalue weighted by atomic mass is 10.2. The Hall–Kier alpha value is -1.92. The number of nitrogens with zero attached hydrogens (tertiary/aromatic N) is 2. The predicted octanol–water partition coefficient (Wildman–Crippen LogP) is 3.88. The Morgan fingerprint density at radius 3 is 2.78 bits per heavy atom. The number of hydrogen-bond donors (Lipinski definition) is 2. The maximum absolute atomic E-state index is 5.81. The van der Waals surface area contributed by atoms with Crippen LogP contribution in [0.4, 0.5) is 0 Å². The molecule has 1 aromatic heterocycles. The first-order chi connectivity index (χ1) is 13.1. The number of aliphatic imine (C=N–C) groups is 1. The van der Waals surface area contributed by atoms with Gasteiger partial charge < -0.3 is 15.4 Å². The number of halogens is 1. The Morgan fingerprint density at radius 2 is 2.07 bits per heavy atom. The number of pyridine rings is 1. The van der Waals surface area contributed by atoms with E-state index in [1.807, 2.05) is 42.1 Å². The zero-order valence-electron chi connectivity index (χ0n) is 16.0. The van der Waals surface area contributed by atoms with Crippen LogP contribution in [0.2, 0.25) is 5.15 Å². The van der Waals surface area contributed by atoms with Crippen LogP contribution < -0.4 is 15.4 Å². The SMILES string of the molecule is CN=C(NCCc1ccc(Cl)nc1)NCC(C)CSc1ccccc1OC. The van der Waals surface area contributed by atoms with E-state index >= 15 is 0 Å². The second kappa shape index (κ2) is 11.7. The minimum Gasteiger partial charge on any atom is -0.496 e. The smallest absolute Gasteiger partial charge is 0.190 e. The number of methoxy groups -OCH3 is 1. The van der Waals surface area contributed by atoms with E-state index in [0.29, 0.717) is 11.1 Å². The third-order valence-electron chi connectivity index (χ3n) is 3.93. The molecular formula is C20H27ClN4OS. The second-order valence-electron chi connectivity index (χ2n) is 6.19. The number of nitrogens with one attached hydrogen (secondary N) is 2. The van der Waals surface area contributed by atoms with Crippen LogP contribution in [0.25, 0.3) is 0 Å². The largest absolute Gasteiger partial charge is 0.496 e. The Balaban J connectivity index is 1.69. The molecule has 2 N–H and O–H groups in total. The summed E-state index contributed by atoms with van der Waals surface area (Å²) in [5.41, 5.74) is 1.14. The third kappa shape index (κ3) is 7.69. The fourth-order valence-corrected chi connectivity index (χ4v) is 3.56. The number of hydrogen-bond acceptors (Lipinski definition) is 4. The number of benzene rings is 1. The van der Waals surface area contributed by atoms with E-state index in [1.165, 1.54) is 4.90 Å². The van der Waals surface area contributed by atoms with Crippen LogP contribution in [0.1, 0.15) is 12.5 Å². The van der Waals surface area contributed by atoms with Crippen molar-refractivity contribution in [3.05, 3.63) is 53.3 Å². The van der Waals surface area contributed by atoms with E-state index in [2.05, 4.69) is 33.6 Å². The van der Waals surface area contributed by atoms with E-state index in [-0.39, 0.29) is 0 Å². The first-order valence-corrected chi connectivity index (χ1v) is 10.3. The average molecular weight is 407 g/mol. The van der Waals surface area contributed by atoms with Crippen LogP contribution in [0, 0.1) is 5.92 Å². The van der Waals surface area contributed by atoms with Crippen LogP contribution in [0.15, 0.2) is 52.5 Å². The number of thioether (sulfide) groups is 1. The third-order valence-corrected chi connectivity index (χ3v) is 5.54. The van der Waals surface area contributed by atoms with Crippen LogP contribution in [-0.2, 0) is 6.42 Å². The van der Waals surface area contributed by atoms with Gasteiger partial charge in [-0.25, -0.2) is 4.98 Å². The van der Waals surface area contributed by atoms with Crippen molar-refractivity contribution >= 4 is 29.3 Å². The summed E-state index contributed by atoms with van der Waals surface area (Å²) >= 11 is 7.62. The van der Waals surface area contributed by atoms with Gasteiger partial charge in [-0.3, -0.25) is 4.99 Å². The summed E-state index contributed by atoms with van der Waals surface area (Å²) < 4.78 is 5.40. The van der Waals surface area contributed by atoms with E-state index < -0.39 is 0 Å². The molecule has 146 valence electrons. The highest BCUT2D eigenvalue weighted by molar-refractivity contribution is 7.99. The molecule has 0 saturated carbocycles. The molecule has 27 heavy (non-hydrogen) atoms. The molecule has 0 radical (unpaired) electrons. The standard InChI is InChI=1S/C20H27ClN4OS/c1-15(14-27-18-7-5-4-6-17(18)26-3)12-25-20(22-2)23-11-10-16-8-9-19(21)24-13-16/h4-9,13,15H,10-12,14H2,1-3H3,(H2,22,23,25). The Labute approximate surface area is 171 Å². The predicted molar refractivity (Wildman–Crippen MR) is 115 cm³/mol. The van der Waals surface area contributed by atoms with Gasteiger partial charge in [-0.2, -0.15) is 0 Å². The summed E-state index contributed by atoms with van der Waals surface area (Å²) in [6, 6.07) is 11.9. The van der Waals surface area contributed by atoms with Crippen LogP contribution >= 0.6 is 23.4 Å². The summed E-state index contributed by atoms with van der Waals surface area (Å²) in [4.78, 5) is 9.55. The lowest BCUT2D eigenvalue weighted by Crippen LogP contribution is -2.40. The van der Waals surface area contributed by atoms with Crippen molar-refractivity contribution in [3.63, 3.8) is 0 Å². The van der Waals surface area contributed by atoms with Crippen molar-refractivity contribution in [2.24, 2.45) is 10.9 Å². The molecule has 1 heterocycles. The Morgan fingerprint density at radius 1 is 1.26 bits per heavy atom. The van der Waals surface area contributed by atoms with Crippen molar-refractivity contribution < 1.29 is 4.74 Å². The first kappa shape index (κ1) is 21.4. The molecule has 2 rings (SSSR count). The second-order valence-corrected chi connectivity index (χ2v) is 7.64. The van der Waals surface area contributed by atoms with Crippen molar-refractivity contribution in [1.82, 2.24) is 15.6 Å². The van der Waals surface area contributed by atoms with Crippen LogP contribution in [0.3, 0.4) is 0 Å². The fraction of sp³-hybridized carbons (Fsp3) is 0.400. The van der Waals surface area contributed by atoms with Crippen molar-refractivity contribution in [2.75, 3.05) is 33.0 Å². The minimum absolute atomic E-state index is 0.485. The highest BCUT2D eigenvalue weighted by Crippen LogP contribution is 2.29. The molecule has 0 aliphatic rings. The molecule has 0 aliphatic carbocycles. The van der Waals surface area contributed by atoms with Crippen molar-refractivity contribution in [2.45, 2.75) is 18.2 Å². The van der Waals surface area contributed by atoms with Gasteiger partial charge in [0.15, 0.2) is 5.96 Å². The van der Waals surface area contributed by atoms with Gasteiger partial charge in [0.25, 0.3) is 0 Å². The normalized spacial score (nSPS) is 12.5. The molecular weight excluding hydrogens is 380 g/mol. The summed E-state index contributed by atoms with van der Waals surface area (Å²) in [5.74, 6) is 3.22. The highest BCUT2D eigenvalue weighted by atomic mass is 35.5. The fourth-order valence-electron chi connectivity index (χ4n) is 2.40. The maximum Gasteiger partial charge on any atom is 0.190 e. The van der Waals surface area contributed by atoms with Gasteiger partial charge in [-0.15, -0.1) is 11.8 Å². The molecule has 5 nitrogen and oxygen atoms in total. The Kier molecular flexibility index (Phi) is 9.28. The lowest BCUT2D eigenvalue weighted by molar-refractivity contribution is 0.405. The molecule has 1 unspecified atom stereocenters. The van der Waals surface area contributed by atoms with E-state index in [0.717, 1.165) is 42.5 Å². The quantitative estimate of drug-likeness (QED) is 0.286. The lowest BCUT2D eigenvalue weighted by Gasteiger charge is -2.16. The molecule has 0 aliphatic heterocycles. The summed E-state index contributed by atoms with van der Waals surface area (Å²) in [6.45, 7) is 3.86. The molecule has 2 aromatic rings. The number of rotatable bonds is 9. The van der Waals surface area contributed by atoms with Gasteiger partial charge in [0, 0.05) is 37.0 Å². The zero-order chi connectivity index (χ0) is 19.5. The monoisotopic (exact) mass is 406 g/mol. The summed E-state index contributed by atoms with van der Waals surface area (Å²) in [7, 11) is 3.49. The number of ether oxygens (including phenoxy) is 1. The van der Waals surface area contributed by atoms with Gasteiger partial charge >= 0.3 is 0 Å². The van der Waals surface area contributed by atoms with Gasteiger partial charge in [0.05, 0.1) is 7.11 Å². The zero-order valence-corrected chi connectivity index (χ0v) is 17.6. The topological polar surface area (TPSA) is 58.5 Å². The Bertz CT molecular complexity index is 724. The molecule has 0 spiro atoms. The van der Waals surface area contributed by atoms with Crippen LogP contribution in [-0.4, -0.2) is 43.9 Å². The molecule has 0 amide bonds. The molecule has 0 saturated heterocycles. The van der Waals surface area contributed by atoms with Crippen LogP contribution in [0.5, 0.6) is 5.75 Å². The average Bonchev–Trinajstić information content (AvgIpc) is 2.70. The highest BCUT2D eigenvalue weighted by Gasteiger charge is 2.08. The minimum atomic E-state index is 0.485.